The molecule has 2 aliphatic heterocycles. The van der Waals surface area contributed by atoms with Crippen molar-refractivity contribution in [2.45, 2.75) is 145 Å². The van der Waals surface area contributed by atoms with Crippen LogP contribution in [0.4, 0.5) is 4.79 Å². The predicted molar refractivity (Wildman–Crippen MR) is 235 cm³/mol. The Morgan fingerprint density at radius 2 is 1.70 bits per heavy atom. The minimum absolute atomic E-state index is 0.00443. The molecule has 4 amide bonds. The second-order valence-electron chi connectivity index (χ2n) is 18.6. The molecule has 63 heavy (non-hydrogen) atoms. The van der Waals surface area contributed by atoms with Gasteiger partial charge in [0.25, 0.3) is 11.8 Å². The van der Waals surface area contributed by atoms with Crippen LogP contribution in [0.2, 0.25) is 0 Å². The van der Waals surface area contributed by atoms with Crippen LogP contribution in [0.1, 0.15) is 116 Å². The molecule has 1 saturated heterocycles. The van der Waals surface area contributed by atoms with Crippen LogP contribution in [0.25, 0.3) is 33.5 Å². The van der Waals surface area contributed by atoms with Crippen molar-refractivity contribution in [3.63, 3.8) is 0 Å². The summed E-state index contributed by atoms with van der Waals surface area (Å²) in [5, 5.41) is 6.53. The topological polar surface area (TPSA) is 199 Å². The van der Waals surface area contributed by atoms with Gasteiger partial charge in [0.2, 0.25) is 27.4 Å². The first kappa shape index (κ1) is 42.8. The van der Waals surface area contributed by atoms with Gasteiger partial charge in [-0.15, -0.1) is 0 Å². The van der Waals surface area contributed by atoms with E-state index in [4.69, 9.17) is 23.9 Å². The van der Waals surface area contributed by atoms with E-state index in [1.54, 1.807) is 6.92 Å². The molecule has 4 heterocycles. The van der Waals surface area contributed by atoms with Crippen molar-refractivity contribution in [3.8, 4) is 17.3 Å². The fourth-order valence-electron chi connectivity index (χ4n) is 9.23. The van der Waals surface area contributed by atoms with E-state index in [2.05, 4.69) is 29.2 Å². The zero-order chi connectivity index (χ0) is 44.1. The number of hydrogen-bond donors (Lipinski definition) is 3. The number of carbonyl (C=O) groups is 4. The molecule has 4 aromatic rings. The molecule has 0 bridgehead atoms. The molecular weight excluding hydrogens is 825 g/mol. The molecule has 334 valence electrons. The zero-order valence-electron chi connectivity index (χ0n) is 36.1. The number of amides is 4. The average molecular weight is 881 g/mol. The first-order valence-corrected chi connectivity index (χ1v) is 24.0. The maximum atomic E-state index is 14.8. The number of carbonyl (C=O) groups excluding carboxylic acids is 4. The maximum absolute atomic E-state index is 14.8. The third kappa shape index (κ3) is 8.62. The molecule has 15 nitrogen and oxygen atoms in total. The molecule has 2 aromatic carbocycles. The third-order valence-electron chi connectivity index (χ3n) is 13.6. The van der Waals surface area contributed by atoms with Crippen molar-refractivity contribution in [1.82, 2.24) is 30.2 Å². The summed E-state index contributed by atoms with van der Waals surface area (Å²) in [7, 11) is -4.02. The van der Waals surface area contributed by atoms with Crippen LogP contribution < -0.4 is 20.1 Å². The number of sulfonamides is 1. The lowest BCUT2D eigenvalue weighted by molar-refractivity contribution is -0.141. The smallest absolute Gasteiger partial charge is 0.408 e. The maximum Gasteiger partial charge on any atom is 0.408 e. The van der Waals surface area contributed by atoms with E-state index in [1.165, 1.54) is 4.90 Å². The summed E-state index contributed by atoms with van der Waals surface area (Å²) in [5.41, 5.74) is 1.81. The van der Waals surface area contributed by atoms with Crippen LogP contribution in [0.15, 0.2) is 65.1 Å². The van der Waals surface area contributed by atoms with Gasteiger partial charge in [-0.25, -0.2) is 18.2 Å². The number of nitrogens with zero attached hydrogens (tertiary/aromatic N) is 3. The standard InChI is InChI=1S/C47H56N6O9S/c1-28(2)29-19-21-30(22-20-29)40-49-38-34-16-11-12-18-37(34)62-39(38)42(50-40)60-33-25-36-41(54)51-47(44(56)52-63(58,59)46(3)23-24-46)26-31(47)13-7-5-4-6-8-17-35(43(55)53(36)27-33)48-45(57)61-32-14-9-10-15-32/h7,11-13,16,18-22,28,31-33,35-36H,4-6,8-10,14-15,17,23-27H2,1-3H3,(H,48,57)(H,51,54)(H,52,56)/b13-7-. The van der Waals surface area contributed by atoms with Crippen molar-refractivity contribution >= 4 is 55.9 Å². The number of furan rings is 1. The number of fused-ring (bicyclic) bond motifs is 5. The normalized spacial score (nSPS) is 26.9. The SMILES string of the molecule is CC(C)c1ccc(-c2nc(OC3CC4C(=O)NC5(C(=O)NS(=O)(=O)C6(C)CC6)CC5/C=C\CCCCCC(NC(=O)OC5CCCC5)C(=O)N4C3)c3oc4ccccc4c3n2)cc1. The lowest BCUT2D eigenvalue weighted by Crippen LogP contribution is -2.58. The molecule has 9 rings (SSSR count). The van der Waals surface area contributed by atoms with Crippen molar-refractivity contribution in [3.05, 3.63) is 66.2 Å². The van der Waals surface area contributed by atoms with Gasteiger partial charge in [-0.3, -0.25) is 19.1 Å². The number of hydrogen-bond acceptors (Lipinski definition) is 11. The fraction of sp³-hybridized carbons (Fsp3) is 0.532. The van der Waals surface area contributed by atoms with Gasteiger partial charge in [0.15, 0.2) is 5.82 Å². The van der Waals surface area contributed by atoms with E-state index < -0.39 is 68.2 Å². The van der Waals surface area contributed by atoms with E-state index in [0.717, 1.165) is 55.0 Å². The molecule has 5 unspecified atom stereocenters. The Labute approximate surface area is 367 Å². The van der Waals surface area contributed by atoms with Crippen molar-refractivity contribution in [1.29, 1.82) is 0 Å². The van der Waals surface area contributed by atoms with Crippen molar-refractivity contribution in [2.75, 3.05) is 6.54 Å². The number of benzene rings is 2. The Morgan fingerprint density at radius 3 is 2.44 bits per heavy atom. The molecule has 5 atom stereocenters. The van der Waals surface area contributed by atoms with E-state index in [0.29, 0.717) is 60.5 Å². The number of rotatable bonds is 9. The average Bonchev–Trinajstić information content (AvgIpc) is 3.92. The van der Waals surface area contributed by atoms with Crippen LogP contribution in [0.3, 0.4) is 0 Å². The monoisotopic (exact) mass is 880 g/mol. The summed E-state index contributed by atoms with van der Waals surface area (Å²) in [4.78, 5) is 68.1. The minimum Gasteiger partial charge on any atom is -0.470 e. The Bertz CT molecular complexity index is 2560. The molecule has 3 aliphatic carbocycles. The van der Waals surface area contributed by atoms with E-state index in [9.17, 15) is 27.6 Å². The number of para-hydroxylation sites is 1. The largest absolute Gasteiger partial charge is 0.470 e. The van der Waals surface area contributed by atoms with Gasteiger partial charge in [-0.1, -0.05) is 75.2 Å². The molecular formula is C47H56N6O9S. The highest BCUT2D eigenvalue weighted by Gasteiger charge is 2.63. The van der Waals surface area contributed by atoms with Gasteiger partial charge in [0.05, 0.1) is 11.3 Å². The second kappa shape index (κ2) is 16.9. The zero-order valence-corrected chi connectivity index (χ0v) is 36.9. The molecule has 3 N–H and O–H groups in total. The molecule has 2 aromatic heterocycles. The Balaban J connectivity index is 1.05. The van der Waals surface area contributed by atoms with E-state index in [1.807, 2.05) is 60.7 Å². The molecule has 5 aliphatic rings. The van der Waals surface area contributed by atoms with E-state index in [-0.39, 0.29) is 31.4 Å². The van der Waals surface area contributed by atoms with Crippen LogP contribution in [-0.2, 0) is 29.1 Å². The predicted octanol–water partition coefficient (Wildman–Crippen LogP) is 6.95. The van der Waals surface area contributed by atoms with Crippen molar-refractivity contribution < 1.29 is 41.5 Å². The lowest BCUT2D eigenvalue weighted by Gasteiger charge is -2.30. The minimum atomic E-state index is -4.02. The van der Waals surface area contributed by atoms with Gasteiger partial charge < -0.3 is 29.4 Å². The summed E-state index contributed by atoms with van der Waals surface area (Å²) < 4.78 is 46.6. The second-order valence-corrected chi connectivity index (χ2v) is 20.8. The fourth-order valence-corrected chi connectivity index (χ4v) is 10.5. The summed E-state index contributed by atoms with van der Waals surface area (Å²) in [5.74, 6) is -1.52. The number of allylic oxidation sites excluding steroid dienone is 1. The third-order valence-corrected chi connectivity index (χ3v) is 15.8. The van der Waals surface area contributed by atoms with Gasteiger partial charge in [-0.05, 0) is 94.7 Å². The van der Waals surface area contributed by atoms with Crippen LogP contribution in [0, 0.1) is 5.92 Å². The summed E-state index contributed by atoms with van der Waals surface area (Å²) in [6.45, 7) is 5.78. The van der Waals surface area contributed by atoms with Gasteiger partial charge >= 0.3 is 6.09 Å². The van der Waals surface area contributed by atoms with Crippen LogP contribution >= 0.6 is 0 Å². The van der Waals surface area contributed by atoms with Gasteiger partial charge in [0, 0.05) is 23.3 Å². The van der Waals surface area contributed by atoms with Crippen LogP contribution in [0.5, 0.6) is 5.88 Å². The molecule has 16 heteroatoms. The number of ether oxygens (including phenoxy) is 2. The Morgan fingerprint density at radius 1 is 0.952 bits per heavy atom. The summed E-state index contributed by atoms with van der Waals surface area (Å²) in [6, 6.07) is 13.3. The first-order chi connectivity index (χ1) is 30.2. The first-order valence-electron chi connectivity index (χ1n) is 22.5. The highest BCUT2D eigenvalue weighted by Crippen LogP contribution is 2.48. The van der Waals surface area contributed by atoms with E-state index >= 15 is 0 Å². The van der Waals surface area contributed by atoms with Gasteiger partial charge in [-0.2, -0.15) is 4.98 Å². The van der Waals surface area contributed by atoms with Gasteiger partial charge in [0.1, 0.15) is 40.9 Å². The molecule has 0 spiro atoms. The number of aromatic nitrogens is 2. The highest BCUT2D eigenvalue weighted by atomic mass is 32.2. The quantitative estimate of drug-likeness (QED) is 0.147. The molecule has 0 radical (unpaired) electrons. The highest BCUT2D eigenvalue weighted by molar-refractivity contribution is 7.91. The Kier molecular flexibility index (Phi) is 11.5. The Hall–Kier alpha value is -5.51. The summed E-state index contributed by atoms with van der Waals surface area (Å²) >= 11 is 0. The van der Waals surface area contributed by atoms with Crippen LogP contribution in [-0.4, -0.2) is 88.2 Å². The number of nitrogens with one attached hydrogen (secondary N) is 3. The summed E-state index contributed by atoms with van der Waals surface area (Å²) in [6.07, 6.45) is 9.80. The van der Waals surface area contributed by atoms with Crippen molar-refractivity contribution in [2.24, 2.45) is 5.92 Å². The molecule has 3 saturated carbocycles. The molecule has 4 fully saturated rings. The number of alkyl carbamates (subject to hydrolysis) is 1. The lowest BCUT2D eigenvalue weighted by atomic mass is 10.0.